The van der Waals surface area contributed by atoms with Crippen molar-refractivity contribution in [3.8, 4) is 5.75 Å². The van der Waals surface area contributed by atoms with Gasteiger partial charge in [0.05, 0.1) is 0 Å². The number of nitrogens with one attached hydrogen (secondary N) is 1. The standard InChI is InChI=1S/C21H30F2NO6P/c1-3-10-19(22)21(23,26)15-28-31(27,30-18-13-8-5-9-14-18)24-16(2)20(25)29-17-11-6-4-7-12-17/h3,5,8-10,13-14,16-17,19,26H,4,6-7,11-12,15H2,1-2H3,(H,24,27)/t16?,19-,21+,31?/m0/s1. The van der Waals surface area contributed by atoms with Gasteiger partial charge in [0, 0.05) is 0 Å². The molecule has 0 aromatic heterocycles. The summed E-state index contributed by atoms with van der Waals surface area (Å²) in [5.41, 5.74) is 0. The number of allylic oxidation sites excluding steroid dienone is 1. The molecule has 31 heavy (non-hydrogen) atoms. The first-order valence-corrected chi connectivity index (χ1v) is 11.8. The molecule has 0 aliphatic heterocycles. The van der Waals surface area contributed by atoms with E-state index in [9.17, 15) is 23.2 Å². The number of para-hydroxylation sites is 1. The lowest BCUT2D eigenvalue weighted by Crippen LogP contribution is -2.41. The van der Waals surface area contributed by atoms with Crippen LogP contribution < -0.4 is 9.61 Å². The van der Waals surface area contributed by atoms with Gasteiger partial charge in [0.1, 0.15) is 24.5 Å². The number of carbonyl (C=O) groups excluding carboxylic acids is 1. The average Bonchev–Trinajstić information content (AvgIpc) is 2.74. The number of carbonyl (C=O) groups is 1. The van der Waals surface area contributed by atoms with Crippen LogP contribution in [0.2, 0.25) is 0 Å². The summed E-state index contributed by atoms with van der Waals surface area (Å²) in [5, 5.41) is 12.1. The summed E-state index contributed by atoms with van der Waals surface area (Å²) >= 11 is 0. The molecular weight excluding hydrogens is 431 g/mol. The lowest BCUT2D eigenvalue weighted by atomic mass is 9.98. The molecule has 0 saturated heterocycles. The molecule has 1 aromatic carbocycles. The lowest BCUT2D eigenvalue weighted by Gasteiger charge is -2.28. The van der Waals surface area contributed by atoms with E-state index in [1.807, 2.05) is 0 Å². The Hall–Kier alpha value is -1.80. The minimum absolute atomic E-state index is 0.110. The third-order valence-electron chi connectivity index (χ3n) is 4.73. The Kier molecular flexibility index (Phi) is 9.62. The summed E-state index contributed by atoms with van der Waals surface area (Å²) < 4.78 is 57.1. The molecule has 4 atom stereocenters. The van der Waals surface area contributed by atoms with Crippen LogP contribution in [0.25, 0.3) is 0 Å². The first-order chi connectivity index (χ1) is 14.6. The summed E-state index contributed by atoms with van der Waals surface area (Å²) in [6, 6.07) is 6.73. The molecule has 2 N–H and O–H groups in total. The summed E-state index contributed by atoms with van der Waals surface area (Å²) in [6.45, 7) is 1.56. The first kappa shape index (κ1) is 25.5. The predicted molar refractivity (Wildman–Crippen MR) is 112 cm³/mol. The van der Waals surface area contributed by atoms with Gasteiger partial charge in [-0.3, -0.25) is 9.32 Å². The zero-order valence-corrected chi connectivity index (χ0v) is 18.6. The van der Waals surface area contributed by atoms with Crippen LogP contribution in [0.3, 0.4) is 0 Å². The molecule has 1 aromatic rings. The maximum Gasteiger partial charge on any atom is 0.459 e. The second-order valence-electron chi connectivity index (χ2n) is 7.47. The Morgan fingerprint density at radius 1 is 1.32 bits per heavy atom. The number of hydrogen-bond acceptors (Lipinski definition) is 6. The van der Waals surface area contributed by atoms with Gasteiger partial charge in [-0.2, -0.15) is 5.09 Å². The molecule has 2 rings (SSSR count). The first-order valence-electron chi connectivity index (χ1n) is 10.3. The Bertz CT molecular complexity index is 770. The van der Waals surface area contributed by atoms with Crippen molar-refractivity contribution in [3.05, 3.63) is 42.5 Å². The fraction of sp³-hybridized carbons (Fsp3) is 0.571. The minimum Gasteiger partial charge on any atom is -0.461 e. The van der Waals surface area contributed by atoms with E-state index in [4.69, 9.17) is 13.8 Å². The Labute approximate surface area is 181 Å². The Morgan fingerprint density at radius 3 is 2.58 bits per heavy atom. The number of benzene rings is 1. The molecule has 0 amide bonds. The van der Waals surface area contributed by atoms with Gasteiger partial charge < -0.3 is 14.4 Å². The highest BCUT2D eigenvalue weighted by Crippen LogP contribution is 2.46. The van der Waals surface area contributed by atoms with E-state index in [0.717, 1.165) is 38.2 Å². The van der Waals surface area contributed by atoms with Gasteiger partial charge in [-0.05, 0) is 57.7 Å². The van der Waals surface area contributed by atoms with E-state index in [-0.39, 0.29) is 11.9 Å². The van der Waals surface area contributed by atoms with Crippen molar-refractivity contribution >= 4 is 13.7 Å². The van der Waals surface area contributed by atoms with Crippen molar-refractivity contribution < 1.29 is 37.0 Å². The number of esters is 1. The molecule has 7 nitrogen and oxygen atoms in total. The Balaban J connectivity index is 2.09. The summed E-state index contributed by atoms with van der Waals surface area (Å²) in [6.07, 6.45) is 3.91. The van der Waals surface area contributed by atoms with E-state index >= 15 is 0 Å². The highest BCUT2D eigenvalue weighted by Gasteiger charge is 2.41. The third-order valence-corrected chi connectivity index (χ3v) is 6.35. The maximum atomic E-state index is 14.3. The molecule has 1 aliphatic rings. The highest BCUT2D eigenvalue weighted by molar-refractivity contribution is 7.52. The lowest BCUT2D eigenvalue weighted by molar-refractivity contribution is -0.154. The van der Waals surface area contributed by atoms with Crippen LogP contribution in [-0.4, -0.2) is 41.9 Å². The smallest absolute Gasteiger partial charge is 0.459 e. The normalized spacial score (nSPS) is 21.1. The maximum absolute atomic E-state index is 14.3. The van der Waals surface area contributed by atoms with Crippen molar-refractivity contribution in [2.45, 2.75) is 70.1 Å². The number of ether oxygens (including phenoxy) is 1. The second kappa shape index (κ2) is 11.7. The minimum atomic E-state index is -4.40. The molecule has 1 saturated carbocycles. The van der Waals surface area contributed by atoms with E-state index < -0.39 is 38.4 Å². The molecule has 174 valence electrons. The average molecular weight is 461 g/mol. The van der Waals surface area contributed by atoms with Crippen molar-refractivity contribution in [3.63, 3.8) is 0 Å². The van der Waals surface area contributed by atoms with E-state index in [0.29, 0.717) is 0 Å². The number of halogens is 2. The van der Waals surface area contributed by atoms with Crippen molar-refractivity contribution in [2.24, 2.45) is 0 Å². The molecule has 0 radical (unpaired) electrons. The molecule has 0 bridgehead atoms. The molecule has 1 aliphatic carbocycles. The van der Waals surface area contributed by atoms with Gasteiger partial charge in [0.25, 0.3) is 5.85 Å². The van der Waals surface area contributed by atoms with Crippen molar-refractivity contribution in [1.82, 2.24) is 5.09 Å². The third kappa shape index (κ3) is 8.33. The number of hydrogen-bond donors (Lipinski definition) is 2. The fourth-order valence-corrected chi connectivity index (χ4v) is 4.53. The van der Waals surface area contributed by atoms with Crippen LogP contribution in [0.15, 0.2) is 42.5 Å². The molecule has 0 heterocycles. The Morgan fingerprint density at radius 2 is 1.97 bits per heavy atom. The second-order valence-corrected chi connectivity index (χ2v) is 9.16. The topological polar surface area (TPSA) is 94.1 Å². The fourth-order valence-electron chi connectivity index (χ4n) is 3.02. The molecule has 0 spiro atoms. The van der Waals surface area contributed by atoms with Crippen LogP contribution in [0, 0.1) is 0 Å². The van der Waals surface area contributed by atoms with Crippen molar-refractivity contribution in [1.29, 1.82) is 0 Å². The van der Waals surface area contributed by atoms with Crippen molar-refractivity contribution in [2.75, 3.05) is 6.61 Å². The van der Waals surface area contributed by atoms with E-state index in [1.165, 1.54) is 32.1 Å². The monoisotopic (exact) mass is 461 g/mol. The van der Waals surface area contributed by atoms with Gasteiger partial charge in [0.2, 0.25) is 0 Å². The number of rotatable bonds is 11. The van der Waals surface area contributed by atoms with Crippen LogP contribution in [0.1, 0.15) is 46.0 Å². The van der Waals surface area contributed by atoms with Crippen LogP contribution in [0.5, 0.6) is 5.75 Å². The van der Waals surface area contributed by atoms with Gasteiger partial charge in [-0.25, -0.2) is 13.3 Å². The van der Waals surface area contributed by atoms with E-state index in [2.05, 4.69) is 5.09 Å². The van der Waals surface area contributed by atoms with Gasteiger partial charge >= 0.3 is 13.7 Å². The molecular formula is C21H30F2NO6P. The quantitative estimate of drug-likeness (QED) is 0.282. The van der Waals surface area contributed by atoms with Crippen LogP contribution >= 0.6 is 7.75 Å². The highest BCUT2D eigenvalue weighted by atomic mass is 31.2. The largest absolute Gasteiger partial charge is 0.461 e. The van der Waals surface area contributed by atoms with Crippen LogP contribution in [0.4, 0.5) is 8.78 Å². The van der Waals surface area contributed by atoms with Gasteiger partial charge in [-0.15, -0.1) is 0 Å². The summed E-state index contributed by atoms with van der Waals surface area (Å²) in [7, 11) is -4.40. The molecule has 2 unspecified atom stereocenters. The van der Waals surface area contributed by atoms with Gasteiger partial charge in [-0.1, -0.05) is 30.7 Å². The van der Waals surface area contributed by atoms with Crippen LogP contribution in [-0.2, 0) is 18.6 Å². The van der Waals surface area contributed by atoms with E-state index in [1.54, 1.807) is 18.2 Å². The number of aliphatic hydroxyl groups is 1. The molecule has 1 fully saturated rings. The zero-order chi connectivity index (χ0) is 22.9. The summed E-state index contributed by atoms with van der Waals surface area (Å²) in [5.74, 6) is -4.01. The zero-order valence-electron chi connectivity index (χ0n) is 17.7. The summed E-state index contributed by atoms with van der Waals surface area (Å²) in [4.78, 5) is 12.4. The number of alkyl halides is 2. The van der Waals surface area contributed by atoms with Gasteiger partial charge in [0.15, 0.2) is 6.17 Å². The predicted octanol–water partition coefficient (Wildman–Crippen LogP) is 4.62. The molecule has 10 heteroatoms. The SMILES string of the molecule is CC=C[C@H](F)[C@@](O)(F)COP(=O)(NC(C)C(=O)OC1CCCCC1)Oc1ccccc1.